The molecule has 0 aliphatic heterocycles. The number of rotatable bonds is 4. The molecule has 0 radical (unpaired) electrons. The van der Waals surface area contributed by atoms with Crippen LogP contribution in [0.15, 0.2) is 18.2 Å². The third-order valence-corrected chi connectivity index (χ3v) is 1.74. The molecule has 0 spiro atoms. The highest BCUT2D eigenvalue weighted by Gasteiger charge is 2.08. The average Bonchev–Trinajstić information content (AvgIpc) is 2.15. The Hall–Kier alpha value is -1.09. The highest BCUT2D eigenvalue weighted by Crippen LogP contribution is 2.20. The molecule has 0 aliphatic carbocycles. The van der Waals surface area contributed by atoms with Gasteiger partial charge in [0.05, 0.1) is 5.88 Å². The summed E-state index contributed by atoms with van der Waals surface area (Å²) in [6.45, 7) is 2.34. The maximum atomic E-state index is 10.5. The molecule has 4 heteroatoms. The van der Waals surface area contributed by atoms with Crippen molar-refractivity contribution in [2.24, 2.45) is 0 Å². The van der Waals surface area contributed by atoms with Gasteiger partial charge in [-0.25, -0.2) is 0 Å². The van der Waals surface area contributed by atoms with E-state index < -0.39 is 0 Å². The van der Waals surface area contributed by atoms with Gasteiger partial charge in [-0.3, -0.25) is 0 Å². The molecular formula is C9H11ClNO2+. The van der Waals surface area contributed by atoms with Gasteiger partial charge < -0.3 is 4.74 Å². The summed E-state index contributed by atoms with van der Waals surface area (Å²) >= 11 is 5.46. The number of nitrogens with one attached hydrogen (secondary N) is 1. The topological polar surface area (TPSA) is 40.3 Å². The Morgan fingerprint density at radius 2 is 2.31 bits per heavy atom. The normalized spacial score (nSPS) is 9.69. The third-order valence-electron chi connectivity index (χ3n) is 1.58. The summed E-state index contributed by atoms with van der Waals surface area (Å²) < 4.78 is 5.26. The molecule has 1 aromatic rings. The van der Waals surface area contributed by atoms with Crippen molar-refractivity contribution in [3.8, 4) is 5.75 Å². The minimum absolute atomic E-state index is 0.402. The lowest BCUT2D eigenvalue weighted by Crippen LogP contribution is -2.55. The van der Waals surface area contributed by atoms with E-state index >= 15 is 0 Å². The summed E-state index contributed by atoms with van der Waals surface area (Å²) in [5.41, 5.74) is 1.49. The third kappa shape index (κ3) is 2.70. The zero-order chi connectivity index (χ0) is 9.68. The monoisotopic (exact) mass is 200 g/mol. The van der Waals surface area contributed by atoms with Gasteiger partial charge in [-0.1, -0.05) is 6.07 Å². The minimum atomic E-state index is 0.402. The van der Waals surface area contributed by atoms with Crippen molar-refractivity contribution in [1.29, 1.82) is 0 Å². The Morgan fingerprint density at radius 3 is 2.92 bits per heavy atom. The summed E-state index contributed by atoms with van der Waals surface area (Å²) in [5.74, 6) is 0.960. The van der Waals surface area contributed by atoms with Gasteiger partial charge in [0.2, 0.25) is 0 Å². The van der Waals surface area contributed by atoms with E-state index in [9.17, 15) is 4.91 Å². The second-order valence-electron chi connectivity index (χ2n) is 2.64. The molecule has 1 rings (SSSR count). The zero-order valence-corrected chi connectivity index (χ0v) is 8.10. The first-order valence-corrected chi connectivity index (χ1v) is 4.49. The zero-order valence-electron chi connectivity index (χ0n) is 7.34. The summed E-state index contributed by atoms with van der Waals surface area (Å²) in [6.07, 6.45) is 0. The highest BCUT2D eigenvalue weighted by atomic mass is 35.5. The molecule has 0 aliphatic rings. The summed E-state index contributed by atoms with van der Waals surface area (Å²) in [6, 6.07) is 5.33. The fraction of sp³-hybridized carbons (Fsp3) is 0.333. The van der Waals surface area contributed by atoms with Gasteiger partial charge in [-0.2, -0.15) is 0 Å². The molecule has 1 aromatic carbocycles. The Bertz CT molecular complexity index is 302. The molecule has 13 heavy (non-hydrogen) atoms. The van der Waals surface area contributed by atoms with Gasteiger partial charge in [0, 0.05) is 16.2 Å². The smallest absolute Gasteiger partial charge is 0.294 e. The predicted octanol–water partition coefficient (Wildman–Crippen LogP) is 1.09. The van der Waals surface area contributed by atoms with E-state index in [1.807, 2.05) is 18.2 Å². The van der Waals surface area contributed by atoms with Gasteiger partial charge in [0.15, 0.2) is 5.75 Å². The first-order chi connectivity index (χ1) is 6.27. The highest BCUT2D eigenvalue weighted by molar-refractivity contribution is 6.18. The summed E-state index contributed by atoms with van der Waals surface area (Å²) in [4.78, 5) is 10.5. The van der Waals surface area contributed by atoms with Crippen molar-refractivity contribution in [2.45, 2.75) is 6.92 Å². The standard InChI is InChI=1S/C9H10ClNO2/c1-7-2-3-8(11-12)9(6-7)13-5-4-10/h2-3,6H,4-5H2,1H3/p+1. The number of nitroso groups, excluding NO2 is 1. The van der Waals surface area contributed by atoms with Crippen molar-refractivity contribution < 1.29 is 9.91 Å². The van der Waals surface area contributed by atoms with Gasteiger partial charge in [-0.15, -0.1) is 11.6 Å². The largest absolute Gasteiger partial charge is 0.486 e. The molecule has 1 N–H and O–H groups in total. The maximum absolute atomic E-state index is 10.5. The van der Waals surface area contributed by atoms with Crippen LogP contribution in [0.2, 0.25) is 0 Å². The average molecular weight is 201 g/mol. The fourth-order valence-corrected chi connectivity index (χ4v) is 1.06. The van der Waals surface area contributed by atoms with Crippen molar-refractivity contribution in [2.75, 3.05) is 12.5 Å². The van der Waals surface area contributed by atoms with Crippen LogP contribution < -0.4 is 9.91 Å². The fourth-order valence-electron chi connectivity index (χ4n) is 0.982. The van der Waals surface area contributed by atoms with Crippen molar-refractivity contribution >= 4 is 17.3 Å². The van der Waals surface area contributed by atoms with Crippen LogP contribution in [0.1, 0.15) is 5.56 Å². The van der Waals surface area contributed by atoms with E-state index in [-0.39, 0.29) is 0 Å². The van der Waals surface area contributed by atoms with E-state index in [0.717, 1.165) is 5.56 Å². The van der Waals surface area contributed by atoms with E-state index in [1.165, 1.54) is 0 Å². The van der Waals surface area contributed by atoms with Crippen LogP contribution in [-0.4, -0.2) is 12.5 Å². The number of ether oxygens (including phenoxy) is 1. The van der Waals surface area contributed by atoms with E-state index in [1.54, 1.807) is 12.1 Å². The number of hydrogen-bond donors (Lipinski definition) is 1. The first-order valence-electron chi connectivity index (χ1n) is 3.95. The Labute approximate surface area is 81.6 Å². The number of alkyl halides is 1. The molecule has 0 saturated heterocycles. The van der Waals surface area contributed by atoms with Crippen LogP contribution in [0.4, 0.5) is 5.69 Å². The van der Waals surface area contributed by atoms with Crippen LogP contribution in [-0.2, 0) is 0 Å². The second kappa shape index (κ2) is 4.82. The number of benzene rings is 1. The lowest BCUT2D eigenvalue weighted by atomic mass is 10.2. The van der Waals surface area contributed by atoms with Gasteiger partial charge in [0.1, 0.15) is 6.61 Å². The van der Waals surface area contributed by atoms with Crippen LogP contribution >= 0.6 is 11.6 Å². The lowest BCUT2D eigenvalue weighted by Gasteiger charge is -2.02. The minimum Gasteiger partial charge on any atom is -0.486 e. The van der Waals surface area contributed by atoms with E-state index in [4.69, 9.17) is 16.3 Å². The molecule has 0 saturated carbocycles. The molecule has 0 atom stereocenters. The number of halogens is 1. The van der Waals surface area contributed by atoms with Crippen molar-refractivity contribution in [3.63, 3.8) is 0 Å². The van der Waals surface area contributed by atoms with Crippen LogP contribution in [0.25, 0.3) is 0 Å². The summed E-state index contributed by atoms with van der Waals surface area (Å²) in [7, 11) is 0. The molecule has 0 heterocycles. The van der Waals surface area contributed by atoms with E-state index in [0.29, 0.717) is 23.9 Å². The quantitative estimate of drug-likeness (QED) is 0.740. The van der Waals surface area contributed by atoms with Crippen LogP contribution in [0, 0.1) is 11.8 Å². The molecule has 0 amide bonds. The molecule has 0 fully saturated rings. The molecule has 0 bridgehead atoms. The Morgan fingerprint density at radius 1 is 1.54 bits per heavy atom. The van der Waals surface area contributed by atoms with Gasteiger partial charge in [0.25, 0.3) is 5.69 Å². The van der Waals surface area contributed by atoms with Crippen molar-refractivity contribution in [3.05, 3.63) is 28.7 Å². The number of aryl methyl sites for hydroxylation is 1. The Balaban J connectivity index is 2.87. The molecule has 0 unspecified atom stereocenters. The van der Waals surface area contributed by atoms with Gasteiger partial charge >= 0.3 is 0 Å². The second-order valence-corrected chi connectivity index (χ2v) is 3.02. The molecule has 70 valence electrons. The SMILES string of the molecule is Cc1ccc([NH+]=O)c(OCCCl)c1. The molecule has 3 nitrogen and oxygen atoms in total. The van der Waals surface area contributed by atoms with Gasteiger partial charge in [-0.05, 0) is 18.6 Å². The lowest BCUT2D eigenvalue weighted by molar-refractivity contribution is -0.380. The van der Waals surface area contributed by atoms with Crippen molar-refractivity contribution in [1.82, 2.24) is 0 Å². The van der Waals surface area contributed by atoms with Crippen LogP contribution in [0.5, 0.6) is 5.75 Å². The molecule has 0 aromatic heterocycles. The maximum Gasteiger partial charge on any atom is 0.294 e. The first kappa shape index (κ1) is 9.99. The Kier molecular flexibility index (Phi) is 3.71. The number of hydrogen-bond acceptors (Lipinski definition) is 2. The predicted molar refractivity (Wildman–Crippen MR) is 51.4 cm³/mol. The molecular weight excluding hydrogens is 190 g/mol. The summed E-state index contributed by atoms with van der Waals surface area (Å²) in [5, 5.41) is 1.81. The van der Waals surface area contributed by atoms with E-state index in [2.05, 4.69) is 0 Å². The van der Waals surface area contributed by atoms with Crippen LogP contribution in [0.3, 0.4) is 0 Å².